The van der Waals surface area contributed by atoms with Crippen molar-refractivity contribution in [3.05, 3.63) is 53.3 Å². The molecular formula is C17H17N4NaO6. The van der Waals surface area contributed by atoms with E-state index >= 15 is 0 Å². The summed E-state index contributed by atoms with van der Waals surface area (Å²) in [6.07, 6.45) is 2.19. The number of nitrogens with one attached hydrogen (secondary N) is 1. The summed E-state index contributed by atoms with van der Waals surface area (Å²) in [7, 11) is 1.78. The molecule has 1 saturated heterocycles. The number of likely N-dealkylation sites (tertiary alicyclic amines) is 1. The van der Waals surface area contributed by atoms with Crippen LogP contribution in [0.25, 0.3) is 0 Å². The largest absolute Gasteiger partial charge is 1.00 e. The van der Waals surface area contributed by atoms with Gasteiger partial charge in [0, 0.05) is 36.5 Å². The van der Waals surface area contributed by atoms with Crippen LogP contribution in [0.5, 0.6) is 5.75 Å². The number of hydrazone groups is 1. The second-order valence-electron chi connectivity index (χ2n) is 5.67. The minimum atomic E-state index is -1.36. The van der Waals surface area contributed by atoms with Crippen molar-refractivity contribution in [2.24, 2.45) is 10.8 Å². The maximum Gasteiger partial charge on any atom is 1.00 e. The Hall–Kier alpha value is -2.66. The van der Waals surface area contributed by atoms with Crippen molar-refractivity contribution in [2.75, 3.05) is 13.6 Å². The van der Waals surface area contributed by atoms with Gasteiger partial charge < -0.3 is 30.7 Å². The van der Waals surface area contributed by atoms with Crippen molar-refractivity contribution < 1.29 is 59.3 Å². The predicted octanol–water partition coefficient (Wildman–Crippen LogP) is -4.53. The van der Waals surface area contributed by atoms with Crippen LogP contribution < -0.4 is 45.8 Å². The molecule has 2 aliphatic rings. The number of primary amides is 1. The Morgan fingerprint density at radius 3 is 2.50 bits per heavy atom. The number of aliphatic hydroxyl groups excluding tert-OH is 1. The minimum Gasteiger partial charge on any atom is -0.545 e. The summed E-state index contributed by atoms with van der Waals surface area (Å²) < 4.78 is 0. The number of urea groups is 1. The predicted molar refractivity (Wildman–Crippen MR) is 92.4 cm³/mol. The van der Waals surface area contributed by atoms with Crippen LogP contribution in [0.3, 0.4) is 0 Å². The third kappa shape index (κ3) is 5.67. The molecule has 1 aromatic carbocycles. The number of amides is 2. The number of nitrogens with zero attached hydrogens (tertiary/aromatic N) is 2. The number of carbonyl (C=O) groups is 3. The number of carbonyl (C=O) groups excluding carboxylic acids is 3. The fourth-order valence-electron chi connectivity index (χ4n) is 2.48. The van der Waals surface area contributed by atoms with Crippen LogP contribution in [0.2, 0.25) is 0 Å². The van der Waals surface area contributed by atoms with Gasteiger partial charge in [-0.05, 0) is 18.2 Å². The average Bonchev–Trinajstić information content (AvgIpc) is 2.87. The molecular weight excluding hydrogens is 379 g/mol. The molecule has 2 amide bonds. The van der Waals surface area contributed by atoms with Crippen molar-refractivity contribution >= 4 is 23.5 Å². The Balaban J connectivity index is 0.000000307. The first-order valence-electron chi connectivity index (χ1n) is 7.70. The summed E-state index contributed by atoms with van der Waals surface area (Å²) >= 11 is 0. The third-order valence-electron chi connectivity index (χ3n) is 3.74. The number of β-amino-alcohol motifs (C(OH)–C–C–N with tert-alkyl or cyclic N) is 1. The van der Waals surface area contributed by atoms with E-state index in [0.717, 1.165) is 0 Å². The maximum atomic E-state index is 11.6. The molecule has 142 valence electrons. The second kappa shape index (κ2) is 10.0. The standard InChI is InChI=1S/C10H12N4O3.C7H6O3.Na/c1-14-4-9(16)5-2-6(12-13-10(11)17)8(15)3-7(5)14;8-6-4-2-1-3-5(6)7(9)10;/h2-3,9,16H,4H2,1H3,(H3,11,13,17);1-4,8H,(H,9,10);/q;;+1/p-1/b12-6+;;. The average molecular weight is 396 g/mol. The molecule has 1 aliphatic carbocycles. The van der Waals surface area contributed by atoms with Crippen LogP contribution in [0.15, 0.2) is 52.8 Å². The van der Waals surface area contributed by atoms with E-state index in [1.165, 1.54) is 30.4 Å². The molecule has 28 heavy (non-hydrogen) atoms. The molecule has 10 nitrogen and oxygen atoms in total. The summed E-state index contributed by atoms with van der Waals surface area (Å²) in [6, 6.07) is 4.80. The van der Waals surface area contributed by atoms with Crippen LogP contribution in [-0.2, 0) is 4.79 Å². The van der Waals surface area contributed by atoms with E-state index in [0.29, 0.717) is 17.8 Å². The van der Waals surface area contributed by atoms with E-state index in [9.17, 15) is 24.6 Å². The van der Waals surface area contributed by atoms with Crippen LogP contribution in [0, 0.1) is 0 Å². The first-order chi connectivity index (χ1) is 12.7. The molecule has 11 heteroatoms. The summed E-state index contributed by atoms with van der Waals surface area (Å²) in [5.74, 6) is -1.96. The first-order valence-corrected chi connectivity index (χ1v) is 7.70. The molecule has 3 rings (SSSR count). The fourth-order valence-corrected chi connectivity index (χ4v) is 2.48. The van der Waals surface area contributed by atoms with Crippen molar-refractivity contribution in [2.45, 2.75) is 6.10 Å². The van der Waals surface area contributed by atoms with Crippen molar-refractivity contribution in [3.63, 3.8) is 0 Å². The SMILES string of the molecule is CN1CC(O)C2=C/C(=N\NC(N)=O)C(=O)C=C21.O=C([O-])c1ccccc1O.[Na+]. The number of rotatable bonds is 2. The van der Waals surface area contributed by atoms with Gasteiger partial charge in [0.25, 0.3) is 0 Å². The summed E-state index contributed by atoms with van der Waals surface area (Å²) in [5, 5.41) is 32.3. The van der Waals surface area contributed by atoms with Gasteiger partial charge in [-0.1, -0.05) is 12.1 Å². The van der Waals surface area contributed by atoms with Crippen LogP contribution >= 0.6 is 0 Å². The Kier molecular flexibility index (Phi) is 8.38. The molecule has 1 fully saturated rings. The number of nitrogens with two attached hydrogens (primary N) is 1. The smallest absolute Gasteiger partial charge is 0.545 e. The number of benzene rings is 1. The van der Waals surface area contributed by atoms with E-state index < -0.39 is 18.1 Å². The van der Waals surface area contributed by atoms with E-state index in [1.807, 2.05) is 5.43 Å². The summed E-state index contributed by atoms with van der Waals surface area (Å²) in [6.45, 7) is 0.432. The zero-order valence-electron chi connectivity index (χ0n) is 15.2. The molecule has 1 heterocycles. The van der Waals surface area contributed by atoms with Gasteiger partial charge in [-0.3, -0.25) is 4.79 Å². The van der Waals surface area contributed by atoms with Crippen molar-refractivity contribution in [1.29, 1.82) is 0 Å². The number of likely N-dealkylation sites (N-methyl/N-ethyl adjacent to an activating group) is 1. The first kappa shape index (κ1) is 23.4. The van der Waals surface area contributed by atoms with E-state index in [2.05, 4.69) is 5.10 Å². The Bertz CT molecular complexity index is 880. The van der Waals surface area contributed by atoms with Crippen LogP contribution in [0.1, 0.15) is 10.4 Å². The van der Waals surface area contributed by atoms with E-state index in [-0.39, 0.29) is 52.4 Å². The number of carboxylic acid groups (broad SMARTS) is 1. The third-order valence-corrected chi connectivity index (χ3v) is 3.74. The van der Waals surface area contributed by atoms with Crippen molar-refractivity contribution in [1.82, 2.24) is 10.3 Å². The number of allylic oxidation sites excluding steroid dienone is 2. The van der Waals surface area contributed by atoms with Gasteiger partial charge in [0.05, 0.1) is 12.1 Å². The zero-order valence-corrected chi connectivity index (χ0v) is 17.2. The normalized spacial score (nSPS) is 18.8. The van der Waals surface area contributed by atoms with Gasteiger partial charge in [0.2, 0.25) is 5.78 Å². The number of aromatic carboxylic acids is 1. The maximum absolute atomic E-state index is 11.6. The molecule has 1 atom stereocenters. The van der Waals surface area contributed by atoms with E-state index in [1.54, 1.807) is 18.0 Å². The molecule has 5 N–H and O–H groups in total. The number of aromatic hydroxyl groups is 1. The van der Waals surface area contributed by atoms with Gasteiger partial charge >= 0.3 is 35.6 Å². The van der Waals surface area contributed by atoms with Gasteiger partial charge in [0.15, 0.2) is 0 Å². The molecule has 1 aliphatic heterocycles. The topological polar surface area (TPSA) is 168 Å². The molecule has 0 spiro atoms. The molecule has 1 aromatic rings. The van der Waals surface area contributed by atoms with Crippen molar-refractivity contribution in [3.8, 4) is 5.75 Å². The number of phenols is 1. The number of hydrogen-bond acceptors (Lipinski definition) is 8. The molecule has 1 unspecified atom stereocenters. The quantitative estimate of drug-likeness (QED) is 0.222. The molecule has 0 radical (unpaired) electrons. The number of fused-ring (bicyclic) bond motifs is 1. The van der Waals surface area contributed by atoms with Gasteiger partial charge in [0.1, 0.15) is 11.5 Å². The Morgan fingerprint density at radius 2 is 1.96 bits per heavy atom. The summed E-state index contributed by atoms with van der Waals surface area (Å²) in [4.78, 5) is 34.1. The molecule has 0 saturated carbocycles. The Labute approximate surface area is 182 Å². The fraction of sp³-hybridized carbons (Fsp3) is 0.176. The number of ketones is 1. The van der Waals surface area contributed by atoms with Gasteiger partial charge in [-0.15, -0.1) is 0 Å². The van der Waals surface area contributed by atoms with Gasteiger partial charge in [-0.25, -0.2) is 10.2 Å². The van der Waals surface area contributed by atoms with Crippen LogP contribution in [-0.4, -0.2) is 58.3 Å². The monoisotopic (exact) mass is 396 g/mol. The minimum absolute atomic E-state index is 0. The van der Waals surface area contributed by atoms with Crippen LogP contribution in [0.4, 0.5) is 4.79 Å². The Morgan fingerprint density at radius 1 is 1.32 bits per heavy atom. The number of hydrogen-bond donors (Lipinski definition) is 4. The molecule has 0 bridgehead atoms. The van der Waals surface area contributed by atoms with Gasteiger partial charge in [-0.2, -0.15) is 5.10 Å². The second-order valence-corrected chi connectivity index (χ2v) is 5.67. The van der Waals surface area contributed by atoms with E-state index in [4.69, 9.17) is 10.8 Å². The zero-order chi connectivity index (χ0) is 20.1. The number of carboxylic acids is 1. The molecule has 0 aromatic heterocycles. The number of para-hydroxylation sites is 1. The summed E-state index contributed by atoms with van der Waals surface area (Å²) in [5.41, 5.74) is 8.02. The number of aliphatic hydroxyl groups is 1.